The summed E-state index contributed by atoms with van der Waals surface area (Å²) in [4.78, 5) is 142. The smallest absolute Gasteiger partial charge is 0.337 e. The monoisotopic (exact) mass is 1580 g/mol. The summed E-state index contributed by atoms with van der Waals surface area (Å²) in [5.41, 5.74) is 4.72. The number of hydrogen-bond acceptors (Lipinski definition) is 12. The number of Topliss-reactive ketones (excluding diaryl/α,β-unsaturated/α-hetero) is 2. The van der Waals surface area contributed by atoms with Gasteiger partial charge in [0.15, 0.2) is 17.3 Å². The number of rotatable bonds is 19. The van der Waals surface area contributed by atoms with Gasteiger partial charge < -0.3 is 31.3 Å². The number of carboxylic acids is 4. The molecule has 0 aliphatic carbocycles. The van der Waals surface area contributed by atoms with Crippen molar-refractivity contribution in [1.82, 2.24) is 0 Å². The number of amides is 3. The summed E-state index contributed by atoms with van der Waals surface area (Å²) in [5.74, 6) is -6.55. The third-order valence-electron chi connectivity index (χ3n) is 13.8. The molecule has 0 aliphatic heterocycles. The van der Waals surface area contributed by atoms with Crippen LogP contribution in [0.3, 0.4) is 0 Å². The Balaban J connectivity index is 0.000000185. The van der Waals surface area contributed by atoms with Crippen molar-refractivity contribution in [3.05, 3.63) is 327 Å². The number of halogens is 4. The van der Waals surface area contributed by atoms with Gasteiger partial charge in [0.25, 0.3) is 17.7 Å². The first kappa shape index (κ1) is 74.5. The van der Waals surface area contributed by atoms with E-state index in [0.717, 1.165) is 0 Å². The van der Waals surface area contributed by atoms with Crippen LogP contribution in [0.1, 0.15) is 149 Å². The van der Waals surface area contributed by atoms with Gasteiger partial charge in [0.05, 0.1) is 33.8 Å². The van der Waals surface area contributed by atoms with Crippen molar-refractivity contribution >= 4 is 166 Å². The van der Waals surface area contributed by atoms with E-state index in [0.29, 0.717) is 62.3 Å². The van der Waals surface area contributed by atoms with E-state index in [1.54, 1.807) is 146 Å². The van der Waals surface area contributed by atoms with Gasteiger partial charge >= 0.3 is 160 Å². The Morgan fingerprint density at radius 3 is 1.09 bits per heavy atom. The molecular formula is C74H52AsBr3ClN3O16. The van der Waals surface area contributed by atoms with E-state index in [9.17, 15) is 78.0 Å². The Bertz CT molecular complexity index is 4770. The van der Waals surface area contributed by atoms with Crippen LogP contribution in [-0.4, -0.2) is 105 Å². The maximum atomic E-state index is 12.5. The summed E-state index contributed by atoms with van der Waals surface area (Å²) in [7, 11) is 0. The average molecular weight is 1590 g/mol. The van der Waals surface area contributed by atoms with Gasteiger partial charge in [-0.05, 0) is 97.9 Å². The molecule has 19 nitrogen and oxygen atoms in total. The summed E-state index contributed by atoms with van der Waals surface area (Å²) in [5, 5.41) is 44.9. The molecule has 0 saturated heterocycles. The molecule has 0 spiro atoms. The number of carbonyl (C=O) groups excluding carboxylic acids is 8. The molecule has 24 heteroatoms. The molecule has 1 unspecified atom stereocenters. The largest absolute Gasteiger partial charge is 0.478 e. The number of anilines is 3. The molecule has 492 valence electrons. The Hall–Kier alpha value is -10.9. The second kappa shape index (κ2) is 35.2. The van der Waals surface area contributed by atoms with Gasteiger partial charge in [-0.1, -0.05) is 141 Å². The van der Waals surface area contributed by atoms with Crippen LogP contribution < -0.4 is 20.3 Å². The molecular weight excluding hydrogens is 1540 g/mol. The minimum Gasteiger partial charge on any atom is -0.478 e. The van der Waals surface area contributed by atoms with Gasteiger partial charge in [0, 0.05) is 58.5 Å². The summed E-state index contributed by atoms with van der Waals surface area (Å²) >= 11 is 14.2. The molecule has 3 amide bonds. The number of aromatic carboxylic acids is 4. The normalized spacial score (nSPS) is 10.3. The van der Waals surface area contributed by atoms with Crippen LogP contribution in [0.4, 0.5) is 17.1 Å². The summed E-state index contributed by atoms with van der Waals surface area (Å²) in [6.45, 7) is 2.87. The van der Waals surface area contributed by atoms with Crippen molar-refractivity contribution in [3.8, 4) is 0 Å². The Morgan fingerprint density at radius 1 is 0.316 bits per heavy atom. The van der Waals surface area contributed by atoms with Crippen molar-refractivity contribution in [2.75, 3.05) is 16.0 Å². The fourth-order valence-corrected chi connectivity index (χ4v) is 12.2. The SMILES string of the molecule is CC(=O)c1ccc(C(=O)[AsH]c2ccc(Br)cc2C(=O)O)cc1.CC(=O)c1cccc(C(=O)Nc2ccc(Br)cc2C(=O)O)c1.O=C(Nc1ccc(Br)cc1C(=O)O)c1ccc(C(=O)c2ccccc2)cc1.O=C(Nc1ccc(Cl)cc1C(=O)O)c1cccc(C(=O)c2ccccc2)c1. The quantitative estimate of drug-likeness (QED) is 0.0292. The van der Waals surface area contributed by atoms with Crippen molar-refractivity contribution in [2.24, 2.45) is 0 Å². The zero-order valence-corrected chi connectivity index (χ0v) is 58.8. The van der Waals surface area contributed by atoms with Gasteiger partial charge in [0.2, 0.25) is 0 Å². The molecule has 0 saturated carbocycles. The van der Waals surface area contributed by atoms with Gasteiger partial charge in [0.1, 0.15) is 0 Å². The summed E-state index contributed by atoms with van der Waals surface area (Å²) in [6.07, 6.45) is 0. The Labute approximate surface area is 596 Å². The second-order valence-electron chi connectivity index (χ2n) is 20.6. The van der Waals surface area contributed by atoms with E-state index in [1.165, 1.54) is 86.6 Å². The van der Waals surface area contributed by atoms with Crippen molar-refractivity contribution in [2.45, 2.75) is 13.8 Å². The number of carboxylic acid groups (broad SMARTS) is 4. The maximum absolute atomic E-state index is 12.5. The molecule has 0 fully saturated rings. The van der Waals surface area contributed by atoms with Crippen LogP contribution in [0.15, 0.2) is 244 Å². The number of nitrogens with one attached hydrogen (secondary N) is 3. The number of hydrogen-bond donors (Lipinski definition) is 7. The minimum absolute atomic E-state index is 0.0198. The topological polar surface area (TPSA) is 322 Å². The maximum Gasteiger partial charge on any atom is 0.337 e. The van der Waals surface area contributed by atoms with Crippen LogP contribution in [0.5, 0.6) is 0 Å². The van der Waals surface area contributed by atoms with E-state index < -0.39 is 57.4 Å². The van der Waals surface area contributed by atoms with Gasteiger partial charge in [-0.3, -0.25) is 28.8 Å². The molecule has 10 rings (SSSR count). The Morgan fingerprint density at radius 2 is 0.643 bits per heavy atom. The molecule has 0 heterocycles. The van der Waals surface area contributed by atoms with E-state index in [2.05, 4.69) is 63.7 Å². The molecule has 10 aromatic carbocycles. The predicted molar refractivity (Wildman–Crippen MR) is 382 cm³/mol. The molecule has 0 radical (unpaired) electrons. The number of ketones is 4. The zero-order valence-electron chi connectivity index (χ0n) is 51.1. The average Bonchev–Trinajstić information content (AvgIpc) is 0.857. The fraction of sp³-hybridized carbons (Fsp3) is 0.0270. The molecule has 0 aromatic heterocycles. The predicted octanol–water partition coefficient (Wildman–Crippen LogP) is 15.0. The van der Waals surface area contributed by atoms with Gasteiger partial charge in [-0.2, -0.15) is 0 Å². The first-order valence-corrected chi connectivity index (χ1v) is 33.5. The van der Waals surface area contributed by atoms with Crippen LogP contribution in [0, 0.1) is 0 Å². The molecule has 1 atom stereocenters. The zero-order chi connectivity index (χ0) is 71.3. The van der Waals surface area contributed by atoms with Gasteiger partial charge in [-0.15, -0.1) is 0 Å². The fourth-order valence-electron chi connectivity index (χ4n) is 8.81. The van der Waals surface area contributed by atoms with Crippen molar-refractivity contribution < 1.29 is 78.0 Å². The van der Waals surface area contributed by atoms with E-state index in [4.69, 9.17) is 11.6 Å². The minimum atomic E-state index is -1.29. The number of carbonyl (C=O) groups is 12. The molecule has 0 aliphatic rings. The molecule has 7 N–H and O–H groups in total. The molecule has 0 bridgehead atoms. The van der Waals surface area contributed by atoms with Crippen molar-refractivity contribution in [3.63, 3.8) is 0 Å². The van der Waals surface area contributed by atoms with Crippen LogP contribution in [-0.2, 0) is 0 Å². The van der Waals surface area contributed by atoms with E-state index >= 15 is 0 Å². The number of benzene rings is 10. The van der Waals surface area contributed by atoms with Crippen molar-refractivity contribution in [1.29, 1.82) is 0 Å². The van der Waals surface area contributed by atoms with Crippen LogP contribution in [0.25, 0.3) is 0 Å². The Kier molecular flexibility index (Phi) is 26.8. The first-order valence-electron chi connectivity index (χ1n) is 28.7. The first-order chi connectivity index (χ1) is 46.7. The van der Waals surface area contributed by atoms with Crippen LogP contribution in [0.2, 0.25) is 5.02 Å². The van der Waals surface area contributed by atoms with Crippen LogP contribution >= 0.6 is 59.4 Å². The molecule has 98 heavy (non-hydrogen) atoms. The summed E-state index contributed by atoms with van der Waals surface area (Å²) < 4.78 is 2.37. The summed E-state index contributed by atoms with van der Waals surface area (Å²) in [6, 6.07) is 60.9. The van der Waals surface area contributed by atoms with Gasteiger partial charge in [-0.25, -0.2) is 14.4 Å². The molecule has 10 aromatic rings. The van der Waals surface area contributed by atoms with E-state index in [-0.39, 0.29) is 83.2 Å². The van der Waals surface area contributed by atoms with E-state index in [1.807, 2.05) is 12.1 Å². The second-order valence-corrected chi connectivity index (χ2v) is 26.4. The standard InChI is InChI=1S/C21H14BrNO4.C21H14ClNO4.C16H12AsBrO4.C16H12BrNO4/c22-16-10-11-18(17(12-16)21(26)27)23-20(25)15-8-6-14(7-9-15)19(24)13-4-2-1-3-5-13;22-16-9-10-18(17(12-16)21(26)27)23-20(25)15-8-4-7-14(11-15)19(24)13-5-2-1-3-6-13;1-9(19)10-2-4-11(5-3-10)15(20)17-14-7-6-12(18)8-13(14)16(21)22;1-9(19)10-3-2-4-11(7-10)15(20)18-14-6-5-12(17)8-13(14)16(21)22/h2*1-12H,(H,23,25)(H,26,27);2-8,17H,1H3,(H,21,22);2-8H,1H3,(H,18,20)(H,21,22). The third-order valence-corrected chi connectivity index (χ3v) is 18.1. The third kappa shape index (κ3) is 21.1.